The van der Waals surface area contributed by atoms with E-state index in [4.69, 9.17) is 0 Å². The largest absolute Gasteiger partial charge is 0.243 e. The molecule has 0 fully saturated rings. The molecule has 21 heavy (non-hydrogen) atoms. The molecule has 2 aromatic carbocycles. The van der Waals surface area contributed by atoms with Crippen molar-refractivity contribution in [2.24, 2.45) is 0 Å². The molecule has 0 N–H and O–H groups in total. The second-order valence-corrected chi connectivity index (χ2v) is 6.85. The molecule has 2 aromatic rings. The monoisotopic (exact) mass is 311 g/mol. The number of halogens is 2. The molecule has 0 saturated carbocycles. The van der Waals surface area contributed by atoms with Crippen molar-refractivity contribution in [2.45, 2.75) is 18.4 Å². The molecule has 0 spiro atoms. The average Bonchev–Trinajstić information content (AvgIpc) is 2.41. The van der Waals surface area contributed by atoms with E-state index in [1.807, 2.05) is 0 Å². The van der Waals surface area contributed by atoms with Gasteiger partial charge in [0.2, 0.25) is 10.0 Å². The lowest BCUT2D eigenvalue weighted by Crippen LogP contribution is -2.26. The van der Waals surface area contributed by atoms with Crippen molar-refractivity contribution >= 4 is 10.0 Å². The fourth-order valence-electron chi connectivity index (χ4n) is 1.89. The van der Waals surface area contributed by atoms with Crippen molar-refractivity contribution in [3.63, 3.8) is 0 Å². The Morgan fingerprint density at radius 1 is 1.10 bits per heavy atom. The Kier molecular flexibility index (Phi) is 4.39. The van der Waals surface area contributed by atoms with Crippen LogP contribution in [0.25, 0.3) is 0 Å². The zero-order valence-electron chi connectivity index (χ0n) is 11.7. The van der Waals surface area contributed by atoms with Gasteiger partial charge in [0.05, 0.1) is 4.90 Å². The smallest absolute Gasteiger partial charge is 0.207 e. The van der Waals surface area contributed by atoms with Gasteiger partial charge in [0.25, 0.3) is 0 Å². The molecule has 0 aliphatic carbocycles. The first-order chi connectivity index (χ1) is 9.80. The number of aryl methyl sites for hydroxylation is 1. The van der Waals surface area contributed by atoms with E-state index < -0.39 is 21.7 Å². The van der Waals surface area contributed by atoms with Crippen LogP contribution in [0.4, 0.5) is 8.78 Å². The molecule has 0 bridgehead atoms. The summed E-state index contributed by atoms with van der Waals surface area (Å²) in [5, 5.41) is 0. The maximum absolute atomic E-state index is 13.5. The van der Waals surface area contributed by atoms with Gasteiger partial charge in [-0.05, 0) is 42.3 Å². The average molecular weight is 311 g/mol. The normalized spacial score (nSPS) is 11.9. The summed E-state index contributed by atoms with van der Waals surface area (Å²) in [6.07, 6.45) is 0. The van der Waals surface area contributed by atoms with E-state index >= 15 is 0 Å². The summed E-state index contributed by atoms with van der Waals surface area (Å²) in [5.74, 6) is -1.00. The maximum Gasteiger partial charge on any atom is 0.243 e. The van der Waals surface area contributed by atoms with Crippen LogP contribution in [0.5, 0.6) is 0 Å². The molecule has 0 aliphatic heterocycles. The summed E-state index contributed by atoms with van der Waals surface area (Å²) in [4.78, 5) is -0.121. The Morgan fingerprint density at radius 3 is 2.43 bits per heavy atom. The quantitative estimate of drug-likeness (QED) is 0.870. The first-order valence-corrected chi connectivity index (χ1v) is 7.71. The van der Waals surface area contributed by atoms with Gasteiger partial charge in [-0.25, -0.2) is 17.2 Å². The van der Waals surface area contributed by atoms with Crippen molar-refractivity contribution in [3.05, 3.63) is 65.2 Å². The van der Waals surface area contributed by atoms with Crippen LogP contribution in [-0.4, -0.2) is 19.8 Å². The van der Waals surface area contributed by atoms with Crippen LogP contribution < -0.4 is 0 Å². The van der Waals surface area contributed by atoms with Gasteiger partial charge in [-0.3, -0.25) is 0 Å². The van der Waals surface area contributed by atoms with Gasteiger partial charge >= 0.3 is 0 Å². The van der Waals surface area contributed by atoms with Crippen molar-refractivity contribution in [3.8, 4) is 0 Å². The van der Waals surface area contributed by atoms with E-state index in [1.54, 1.807) is 13.0 Å². The van der Waals surface area contributed by atoms with Crippen molar-refractivity contribution in [1.29, 1.82) is 0 Å². The first kappa shape index (κ1) is 15.6. The second kappa shape index (κ2) is 5.91. The maximum atomic E-state index is 13.5. The Balaban J connectivity index is 2.28. The lowest BCUT2D eigenvalue weighted by atomic mass is 10.2. The van der Waals surface area contributed by atoms with E-state index in [0.29, 0.717) is 11.1 Å². The highest BCUT2D eigenvalue weighted by Gasteiger charge is 2.21. The lowest BCUT2D eigenvalue weighted by Gasteiger charge is -2.17. The highest BCUT2D eigenvalue weighted by molar-refractivity contribution is 7.89. The molecule has 0 aromatic heterocycles. The predicted molar refractivity (Wildman–Crippen MR) is 76.2 cm³/mol. The van der Waals surface area contributed by atoms with Crippen molar-refractivity contribution in [1.82, 2.24) is 4.31 Å². The Labute approximate surface area is 122 Å². The van der Waals surface area contributed by atoms with Gasteiger partial charge in [0, 0.05) is 13.6 Å². The SMILES string of the molecule is Cc1ccc(S(=O)(=O)N(C)Cc2cccc(F)c2)cc1F. The third-order valence-electron chi connectivity index (χ3n) is 3.15. The number of hydrogen-bond donors (Lipinski definition) is 0. The third-order valence-corrected chi connectivity index (χ3v) is 4.95. The molecule has 0 unspecified atom stereocenters. The number of rotatable bonds is 4. The Morgan fingerprint density at radius 2 is 1.81 bits per heavy atom. The van der Waals surface area contributed by atoms with Gasteiger partial charge < -0.3 is 0 Å². The molecular weight excluding hydrogens is 296 g/mol. The predicted octanol–water partition coefficient (Wildman–Crippen LogP) is 3.09. The van der Waals surface area contributed by atoms with Crippen LogP contribution in [0.3, 0.4) is 0 Å². The standard InChI is InChI=1S/C15H15F2NO2S/c1-11-6-7-14(9-15(11)17)21(19,20)18(2)10-12-4-3-5-13(16)8-12/h3-9H,10H2,1-2H3. The fraction of sp³-hybridized carbons (Fsp3) is 0.200. The minimum Gasteiger partial charge on any atom is -0.207 e. The lowest BCUT2D eigenvalue weighted by molar-refractivity contribution is 0.464. The van der Waals surface area contributed by atoms with E-state index in [2.05, 4.69) is 0 Å². The molecule has 6 heteroatoms. The molecule has 2 rings (SSSR count). The van der Waals surface area contributed by atoms with E-state index in [9.17, 15) is 17.2 Å². The van der Waals surface area contributed by atoms with E-state index in [0.717, 1.165) is 10.4 Å². The molecule has 0 atom stereocenters. The van der Waals surface area contributed by atoms with Crippen LogP contribution in [-0.2, 0) is 16.6 Å². The van der Waals surface area contributed by atoms with Crippen LogP contribution in [0, 0.1) is 18.6 Å². The Hall–Kier alpha value is -1.79. The van der Waals surface area contributed by atoms with Crippen LogP contribution in [0.1, 0.15) is 11.1 Å². The molecule has 0 saturated heterocycles. The summed E-state index contributed by atoms with van der Waals surface area (Å²) in [6.45, 7) is 1.57. The molecule has 0 radical (unpaired) electrons. The topological polar surface area (TPSA) is 37.4 Å². The van der Waals surface area contributed by atoms with Gasteiger partial charge in [-0.15, -0.1) is 0 Å². The van der Waals surface area contributed by atoms with Gasteiger partial charge in [-0.1, -0.05) is 18.2 Å². The molecule has 3 nitrogen and oxygen atoms in total. The van der Waals surface area contributed by atoms with E-state index in [1.165, 1.54) is 37.4 Å². The number of nitrogens with zero attached hydrogens (tertiary/aromatic N) is 1. The van der Waals surface area contributed by atoms with Crippen LogP contribution >= 0.6 is 0 Å². The zero-order valence-corrected chi connectivity index (χ0v) is 12.5. The summed E-state index contributed by atoms with van der Waals surface area (Å²) < 4.78 is 52.4. The molecular formula is C15H15F2NO2S. The third kappa shape index (κ3) is 3.46. The first-order valence-electron chi connectivity index (χ1n) is 6.27. The molecule has 0 aliphatic rings. The molecule has 0 amide bonds. The minimum atomic E-state index is -3.82. The highest BCUT2D eigenvalue weighted by Crippen LogP contribution is 2.19. The van der Waals surface area contributed by atoms with Crippen LogP contribution in [0.15, 0.2) is 47.4 Å². The Bertz CT molecular complexity index is 760. The summed E-state index contributed by atoms with van der Waals surface area (Å²) >= 11 is 0. The van der Waals surface area contributed by atoms with Gasteiger partial charge in [-0.2, -0.15) is 4.31 Å². The zero-order chi connectivity index (χ0) is 15.6. The number of sulfonamides is 1. The van der Waals surface area contributed by atoms with Crippen molar-refractivity contribution in [2.75, 3.05) is 7.05 Å². The molecule has 112 valence electrons. The summed E-state index contributed by atoms with van der Waals surface area (Å²) in [6, 6.07) is 9.46. The summed E-state index contributed by atoms with van der Waals surface area (Å²) in [7, 11) is -2.45. The van der Waals surface area contributed by atoms with Crippen LogP contribution in [0.2, 0.25) is 0 Å². The number of hydrogen-bond acceptors (Lipinski definition) is 2. The second-order valence-electron chi connectivity index (χ2n) is 4.80. The molecule has 0 heterocycles. The summed E-state index contributed by atoms with van der Waals surface area (Å²) in [5.41, 5.74) is 0.899. The number of benzene rings is 2. The van der Waals surface area contributed by atoms with Gasteiger partial charge in [0.15, 0.2) is 0 Å². The van der Waals surface area contributed by atoms with E-state index in [-0.39, 0.29) is 11.4 Å². The van der Waals surface area contributed by atoms with Crippen molar-refractivity contribution < 1.29 is 17.2 Å². The highest BCUT2D eigenvalue weighted by atomic mass is 32.2. The van der Waals surface area contributed by atoms with Gasteiger partial charge in [0.1, 0.15) is 11.6 Å². The fourth-order valence-corrected chi connectivity index (χ4v) is 3.06. The minimum absolute atomic E-state index is 0.00951.